The Labute approximate surface area is 174 Å². The maximum absolute atomic E-state index is 12.3. The summed E-state index contributed by atoms with van der Waals surface area (Å²) >= 11 is 0. The minimum atomic E-state index is -0.620. The highest BCUT2D eigenvalue weighted by atomic mass is 16.6. The normalized spacial score (nSPS) is 15.1. The van der Waals surface area contributed by atoms with E-state index in [0.717, 1.165) is 0 Å². The fourth-order valence-electron chi connectivity index (χ4n) is 2.77. The Kier molecular flexibility index (Phi) is 7.36. The molecule has 2 rings (SSSR count). The highest BCUT2D eigenvalue weighted by Gasteiger charge is 2.26. The molecule has 1 heterocycles. The largest absolute Gasteiger partial charge is 0.444 e. The van der Waals surface area contributed by atoms with Crippen molar-refractivity contribution in [1.82, 2.24) is 10.2 Å². The average molecular weight is 415 g/mol. The summed E-state index contributed by atoms with van der Waals surface area (Å²) < 4.78 is 5.36. The number of carbonyl (C=O) groups excluding carboxylic acids is 2. The van der Waals surface area contributed by atoms with Crippen LogP contribution in [0.5, 0.6) is 0 Å². The molecule has 160 valence electrons. The second-order valence-electron chi connectivity index (χ2n) is 7.84. The van der Waals surface area contributed by atoms with Gasteiger partial charge in [-0.1, -0.05) is 0 Å². The van der Waals surface area contributed by atoms with E-state index in [9.17, 15) is 25.0 Å². The van der Waals surface area contributed by atoms with Crippen LogP contribution in [0, 0.1) is 21.4 Å². The molecule has 1 aromatic rings. The van der Waals surface area contributed by atoms with E-state index in [0.29, 0.717) is 31.6 Å². The molecule has 1 fully saturated rings. The van der Waals surface area contributed by atoms with Crippen molar-refractivity contribution in [1.29, 1.82) is 5.26 Å². The van der Waals surface area contributed by atoms with Crippen LogP contribution in [-0.2, 0) is 9.53 Å². The molecule has 0 aliphatic carbocycles. The number of hydrogen-bond acceptors (Lipinski definition) is 7. The van der Waals surface area contributed by atoms with Crippen molar-refractivity contribution in [3.05, 3.63) is 46.2 Å². The van der Waals surface area contributed by atoms with Gasteiger partial charge in [0.25, 0.3) is 11.6 Å². The number of ether oxygens (including phenoxy) is 1. The van der Waals surface area contributed by atoms with Gasteiger partial charge in [0.05, 0.1) is 4.92 Å². The fourth-order valence-corrected chi connectivity index (χ4v) is 2.77. The van der Waals surface area contributed by atoms with Crippen molar-refractivity contribution >= 4 is 23.4 Å². The molecule has 0 unspecified atom stereocenters. The molecule has 1 aliphatic heterocycles. The molecule has 1 aliphatic rings. The van der Waals surface area contributed by atoms with Gasteiger partial charge in [-0.05, 0) is 45.7 Å². The summed E-state index contributed by atoms with van der Waals surface area (Å²) in [6.45, 7) is 6.47. The van der Waals surface area contributed by atoms with E-state index in [-0.39, 0.29) is 23.4 Å². The first kappa shape index (κ1) is 22.7. The van der Waals surface area contributed by atoms with Crippen LogP contribution in [0.2, 0.25) is 0 Å². The Morgan fingerprint density at radius 2 is 1.87 bits per heavy atom. The molecular weight excluding hydrogens is 390 g/mol. The molecule has 0 spiro atoms. The van der Waals surface area contributed by atoms with Gasteiger partial charge in [0.2, 0.25) is 0 Å². The molecule has 0 bridgehead atoms. The molecular formula is C20H25N5O5. The average Bonchev–Trinajstić information content (AvgIpc) is 2.68. The van der Waals surface area contributed by atoms with Crippen LogP contribution in [0.1, 0.15) is 33.6 Å². The third-order valence-electron chi connectivity index (χ3n) is 4.31. The van der Waals surface area contributed by atoms with E-state index in [4.69, 9.17) is 4.74 Å². The standard InChI is InChI=1S/C20H25N5O5/c1-20(2,3)30-19(27)24-10-8-15(9-11-24)22-13-14(12-21)18(26)23-16-4-6-17(7-5-16)25(28)29/h4-7,13,15,22H,8-11H2,1-3H3,(H,23,26)/b14-13-. The first-order valence-corrected chi connectivity index (χ1v) is 9.49. The lowest BCUT2D eigenvalue weighted by Gasteiger charge is -2.33. The van der Waals surface area contributed by atoms with Crippen LogP contribution >= 0.6 is 0 Å². The third-order valence-corrected chi connectivity index (χ3v) is 4.31. The SMILES string of the molecule is CC(C)(C)OC(=O)N1CCC(N/C=C(/C#N)C(=O)Nc2ccc([N+](=O)[O-])cc2)CC1. The number of likely N-dealkylation sites (tertiary alicyclic amines) is 1. The van der Waals surface area contributed by atoms with E-state index < -0.39 is 16.4 Å². The highest BCUT2D eigenvalue weighted by Crippen LogP contribution is 2.17. The number of carbonyl (C=O) groups is 2. The summed E-state index contributed by atoms with van der Waals surface area (Å²) in [7, 11) is 0. The number of nitro groups is 1. The predicted molar refractivity (Wildman–Crippen MR) is 109 cm³/mol. The number of rotatable bonds is 5. The minimum absolute atomic E-state index is 0.0132. The molecule has 2 N–H and O–H groups in total. The quantitative estimate of drug-likeness (QED) is 0.326. The van der Waals surface area contributed by atoms with Crippen molar-refractivity contribution in [2.45, 2.75) is 45.3 Å². The van der Waals surface area contributed by atoms with Gasteiger partial charge >= 0.3 is 6.09 Å². The van der Waals surface area contributed by atoms with Crippen LogP contribution in [0.3, 0.4) is 0 Å². The number of amides is 2. The zero-order valence-electron chi connectivity index (χ0n) is 17.2. The van der Waals surface area contributed by atoms with Gasteiger partial charge in [0, 0.05) is 43.2 Å². The van der Waals surface area contributed by atoms with Gasteiger partial charge in [0.1, 0.15) is 17.2 Å². The molecule has 10 heteroatoms. The smallest absolute Gasteiger partial charge is 0.410 e. The highest BCUT2D eigenvalue weighted by molar-refractivity contribution is 6.06. The Morgan fingerprint density at radius 3 is 2.37 bits per heavy atom. The van der Waals surface area contributed by atoms with Gasteiger partial charge in [-0.15, -0.1) is 0 Å². The Balaban J connectivity index is 1.87. The van der Waals surface area contributed by atoms with Crippen molar-refractivity contribution < 1.29 is 19.2 Å². The Bertz CT molecular complexity index is 859. The van der Waals surface area contributed by atoms with Gasteiger partial charge in [0.15, 0.2) is 0 Å². The van der Waals surface area contributed by atoms with Gasteiger partial charge in [-0.2, -0.15) is 5.26 Å². The molecule has 2 amide bonds. The zero-order valence-corrected chi connectivity index (χ0v) is 17.2. The second-order valence-corrected chi connectivity index (χ2v) is 7.84. The lowest BCUT2D eigenvalue weighted by Crippen LogP contribution is -2.45. The monoisotopic (exact) mass is 415 g/mol. The van der Waals surface area contributed by atoms with Crippen LogP contribution in [0.4, 0.5) is 16.2 Å². The molecule has 0 atom stereocenters. The maximum atomic E-state index is 12.3. The van der Waals surface area contributed by atoms with Crippen molar-refractivity contribution in [3.8, 4) is 6.07 Å². The van der Waals surface area contributed by atoms with Crippen LogP contribution in [0.15, 0.2) is 36.0 Å². The van der Waals surface area contributed by atoms with E-state index in [1.165, 1.54) is 30.5 Å². The topological polar surface area (TPSA) is 138 Å². The number of nitriles is 1. The summed E-state index contributed by atoms with van der Waals surface area (Å²) in [6, 6.07) is 7.17. The molecule has 0 aromatic heterocycles. The molecule has 0 saturated carbocycles. The van der Waals surface area contributed by atoms with Crippen molar-refractivity contribution in [2.75, 3.05) is 18.4 Å². The summed E-state index contributed by atoms with van der Waals surface area (Å²) in [4.78, 5) is 36.1. The van der Waals surface area contributed by atoms with Crippen LogP contribution in [-0.4, -0.2) is 46.6 Å². The van der Waals surface area contributed by atoms with Crippen LogP contribution in [0.25, 0.3) is 0 Å². The lowest BCUT2D eigenvalue weighted by atomic mass is 10.1. The number of nitrogens with zero attached hydrogens (tertiary/aromatic N) is 3. The summed E-state index contributed by atoms with van der Waals surface area (Å²) in [5, 5.41) is 25.5. The number of non-ortho nitro benzene ring substituents is 1. The second kappa shape index (κ2) is 9.73. The first-order valence-electron chi connectivity index (χ1n) is 9.49. The van der Waals surface area contributed by atoms with Crippen molar-refractivity contribution in [2.24, 2.45) is 0 Å². The van der Waals surface area contributed by atoms with E-state index in [1.807, 2.05) is 26.8 Å². The number of benzene rings is 1. The Hall–Kier alpha value is -3.61. The summed E-state index contributed by atoms with van der Waals surface area (Å²) in [6.07, 6.45) is 2.31. The first-order chi connectivity index (χ1) is 14.1. The number of hydrogen-bond donors (Lipinski definition) is 2. The van der Waals surface area contributed by atoms with Gasteiger partial charge < -0.3 is 20.3 Å². The summed E-state index contributed by atoms with van der Waals surface area (Å²) in [5.41, 5.74) is -0.419. The van der Waals surface area contributed by atoms with Crippen LogP contribution < -0.4 is 10.6 Å². The predicted octanol–water partition coefficient (Wildman–Crippen LogP) is 2.93. The lowest BCUT2D eigenvalue weighted by molar-refractivity contribution is -0.384. The van der Waals surface area contributed by atoms with E-state index in [1.54, 1.807) is 4.90 Å². The minimum Gasteiger partial charge on any atom is -0.444 e. The number of piperidine rings is 1. The number of nitrogens with one attached hydrogen (secondary N) is 2. The number of nitro benzene ring substituents is 1. The summed E-state index contributed by atoms with van der Waals surface area (Å²) in [5.74, 6) is -0.620. The molecule has 0 radical (unpaired) electrons. The van der Waals surface area contributed by atoms with E-state index in [2.05, 4.69) is 10.6 Å². The van der Waals surface area contributed by atoms with E-state index >= 15 is 0 Å². The third kappa shape index (κ3) is 6.77. The van der Waals surface area contributed by atoms with Gasteiger partial charge in [-0.3, -0.25) is 14.9 Å². The fraction of sp³-hybridized carbons (Fsp3) is 0.450. The maximum Gasteiger partial charge on any atom is 0.410 e. The van der Waals surface area contributed by atoms with Gasteiger partial charge in [-0.25, -0.2) is 4.79 Å². The zero-order chi connectivity index (χ0) is 22.3. The molecule has 30 heavy (non-hydrogen) atoms. The number of anilines is 1. The Morgan fingerprint density at radius 1 is 1.27 bits per heavy atom. The van der Waals surface area contributed by atoms with Crippen molar-refractivity contribution in [3.63, 3.8) is 0 Å². The molecule has 1 saturated heterocycles. The molecule has 1 aromatic carbocycles. The molecule has 10 nitrogen and oxygen atoms in total.